The Labute approximate surface area is 113 Å². The fourth-order valence-electron chi connectivity index (χ4n) is 1.30. The quantitative estimate of drug-likeness (QED) is 0.656. The number of thioether (sulfide) groups is 1. The number of aliphatic hydroxyl groups is 1. The van der Waals surface area contributed by atoms with E-state index in [4.69, 9.17) is 21.4 Å². The van der Waals surface area contributed by atoms with Gasteiger partial charge < -0.3 is 9.84 Å². The molecule has 0 fully saturated rings. The highest BCUT2D eigenvalue weighted by molar-refractivity contribution is 8.01. The second-order valence-corrected chi connectivity index (χ2v) is 6.09. The number of halogens is 1. The molecule has 17 heavy (non-hydrogen) atoms. The van der Waals surface area contributed by atoms with Crippen molar-refractivity contribution < 1.29 is 9.84 Å². The molecule has 0 radical (unpaired) electrons. The van der Waals surface area contributed by atoms with Crippen LogP contribution in [0, 0.1) is 0 Å². The van der Waals surface area contributed by atoms with Crippen LogP contribution in [0.3, 0.4) is 0 Å². The van der Waals surface area contributed by atoms with Gasteiger partial charge >= 0.3 is 0 Å². The van der Waals surface area contributed by atoms with Crippen LogP contribution in [0.15, 0.2) is 22.5 Å². The lowest BCUT2D eigenvalue weighted by Crippen LogP contribution is -2.02. The van der Waals surface area contributed by atoms with Gasteiger partial charge in [0.15, 0.2) is 4.34 Å². The van der Waals surface area contributed by atoms with E-state index in [9.17, 15) is 0 Å². The predicted molar refractivity (Wildman–Crippen MR) is 73.3 cm³/mol. The third-order valence-electron chi connectivity index (χ3n) is 2.02. The van der Waals surface area contributed by atoms with Gasteiger partial charge in [-0.1, -0.05) is 23.4 Å². The lowest BCUT2D eigenvalue weighted by Gasteiger charge is -1.99. The standard InChI is InChI=1S/C11H12ClNO2S2/c12-8-1-2-10-9(7-8)13-11(17-10)16-6-5-15-4-3-14/h1-2,7,14H,3-6H2. The largest absolute Gasteiger partial charge is 0.394 e. The first-order chi connectivity index (χ1) is 8.29. The van der Waals surface area contributed by atoms with Crippen LogP contribution in [-0.2, 0) is 4.74 Å². The minimum absolute atomic E-state index is 0.0737. The molecular formula is C11H12ClNO2S2. The van der Waals surface area contributed by atoms with Crippen molar-refractivity contribution in [1.82, 2.24) is 4.98 Å². The molecule has 2 rings (SSSR count). The van der Waals surface area contributed by atoms with Crippen molar-refractivity contribution in [3.63, 3.8) is 0 Å². The van der Waals surface area contributed by atoms with E-state index in [1.807, 2.05) is 18.2 Å². The second-order valence-electron chi connectivity index (χ2n) is 3.28. The average molecular weight is 290 g/mol. The Balaban J connectivity index is 1.91. The Kier molecular flexibility index (Phi) is 5.06. The fraction of sp³-hybridized carbons (Fsp3) is 0.364. The first kappa shape index (κ1) is 13.1. The van der Waals surface area contributed by atoms with E-state index < -0.39 is 0 Å². The van der Waals surface area contributed by atoms with Crippen LogP contribution in [0.25, 0.3) is 10.2 Å². The van der Waals surface area contributed by atoms with Crippen molar-refractivity contribution in [2.45, 2.75) is 4.34 Å². The number of hydrogen-bond donors (Lipinski definition) is 1. The van der Waals surface area contributed by atoms with Crippen molar-refractivity contribution in [2.24, 2.45) is 0 Å². The number of nitrogens with zero attached hydrogens (tertiary/aromatic N) is 1. The highest BCUT2D eigenvalue weighted by atomic mass is 35.5. The topological polar surface area (TPSA) is 42.4 Å². The lowest BCUT2D eigenvalue weighted by atomic mass is 10.3. The van der Waals surface area contributed by atoms with Crippen molar-refractivity contribution in [3.8, 4) is 0 Å². The normalized spacial score (nSPS) is 11.2. The number of aliphatic hydroxyl groups excluding tert-OH is 1. The lowest BCUT2D eigenvalue weighted by molar-refractivity contribution is 0.103. The second kappa shape index (κ2) is 6.56. The van der Waals surface area contributed by atoms with Crippen LogP contribution in [0.1, 0.15) is 0 Å². The van der Waals surface area contributed by atoms with Gasteiger partial charge in [-0.3, -0.25) is 0 Å². The van der Waals surface area contributed by atoms with Crippen LogP contribution in [-0.4, -0.2) is 35.7 Å². The van der Waals surface area contributed by atoms with Gasteiger partial charge in [0.1, 0.15) is 0 Å². The van der Waals surface area contributed by atoms with Gasteiger partial charge in [-0.2, -0.15) is 0 Å². The van der Waals surface area contributed by atoms with E-state index in [1.165, 1.54) is 0 Å². The monoisotopic (exact) mass is 289 g/mol. The number of fused-ring (bicyclic) bond motifs is 1. The fourth-order valence-corrected chi connectivity index (χ4v) is 3.43. The van der Waals surface area contributed by atoms with E-state index >= 15 is 0 Å². The molecule has 0 aliphatic heterocycles. The Bertz CT molecular complexity index is 489. The molecule has 0 saturated heterocycles. The van der Waals surface area contributed by atoms with E-state index in [2.05, 4.69) is 4.98 Å². The highest BCUT2D eigenvalue weighted by Crippen LogP contribution is 2.30. The first-order valence-corrected chi connectivity index (χ1v) is 7.35. The molecule has 3 nitrogen and oxygen atoms in total. The van der Waals surface area contributed by atoms with Gasteiger partial charge in [0.2, 0.25) is 0 Å². The number of thiazole rings is 1. The molecule has 1 N–H and O–H groups in total. The number of aromatic nitrogens is 1. The third-order valence-corrected chi connectivity index (χ3v) is 4.40. The maximum Gasteiger partial charge on any atom is 0.151 e. The van der Waals surface area contributed by atoms with Crippen LogP contribution in [0.5, 0.6) is 0 Å². The van der Waals surface area contributed by atoms with Gasteiger partial charge in [0.05, 0.1) is 30.0 Å². The molecule has 0 amide bonds. The van der Waals surface area contributed by atoms with E-state index in [0.29, 0.717) is 18.2 Å². The van der Waals surface area contributed by atoms with Gasteiger partial charge in [-0.05, 0) is 18.2 Å². The maximum absolute atomic E-state index is 8.55. The molecule has 2 aromatic rings. The first-order valence-electron chi connectivity index (χ1n) is 5.17. The molecule has 0 spiro atoms. The predicted octanol–water partition coefficient (Wildman–Crippen LogP) is 3.05. The van der Waals surface area contributed by atoms with Crippen LogP contribution in [0.2, 0.25) is 5.02 Å². The minimum atomic E-state index is 0.0737. The van der Waals surface area contributed by atoms with Gasteiger partial charge in [0, 0.05) is 10.8 Å². The molecule has 6 heteroatoms. The summed E-state index contributed by atoms with van der Waals surface area (Å²) >= 11 is 9.22. The third kappa shape index (κ3) is 3.82. The Hall–Kier alpha value is -0.330. The molecule has 0 aliphatic rings. The molecule has 0 atom stereocenters. The van der Waals surface area contributed by atoms with E-state index in [-0.39, 0.29) is 6.61 Å². The van der Waals surface area contributed by atoms with E-state index in [0.717, 1.165) is 20.3 Å². The Morgan fingerprint density at radius 2 is 2.29 bits per heavy atom. The summed E-state index contributed by atoms with van der Waals surface area (Å²) in [7, 11) is 0. The van der Waals surface area contributed by atoms with Crippen molar-refractivity contribution >= 4 is 44.9 Å². The minimum Gasteiger partial charge on any atom is -0.394 e. The Morgan fingerprint density at radius 1 is 1.41 bits per heavy atom. The molecule has 0 saturated carbocycles. The molecule has 0 aliphatic carbocycles. The number of ether oxygens (including phenoxy) is 1. The van der Waals surface area contributed by atoms with Gasteiger partial charge in [-0.15, -0.1) is 11.3 Å². The highest BCUT2D eigenvalue weighted by Gasteiger charge is 2.04. The zero-order chi connectivity index (χ0) is 12.1. The van der Waals surface area contributed by atoms with Crippen molar-refractivity contribution in [1.29, 1.82) is 0 Å². The van der Waals surface area contributed by atoms with Crippen LogP contribution in [0.4, 0.5) is 0 Å². The van der Waals surface area contributed by atoms with Crippen molar-refractivity contribution in [3.05, 3.63) is 23.2 Å². The number of rotatable bonds is 6. The summed E-state index contributed by atoms with van der Waals surface area (Å²) in [5.74, 6) is 0.841. The summed E-state index contributed by atoms with van der Waals surface area (Å²) in [6.07, 6.45) is 0. The SMILES string of the molecule is OCCOCCSc1nc2cc(Cl)ccc2s1. The van der Waals surface area contributed by atoms with Crippen molar-refractivity contribution in [2.75, 3.05) is 25.6 Å². The zero-order valence-corrected chi connectivity index (χ0v) is 11.4. The smallest absolute Gasteiger partial charge is 0.151 e. The Morgan fingerprint density at radius 3 is 3.12 bits per heavy atom. The summed E-state index contributed by atoms with van der Waals surface area (Å²) in [6.45, 7) is 1.10. The molecule has 92 valence electrons. The molecule has 0 bridgehead atoms. The summed E-state index contributed by atoms with van der Waals surface area (Å²) in [4.78, 5) is 4.48. The summed E-state index contributed by atoms with van der Waals surface area (Å²) in [5, 5.41) is 9.26. The summed E-state index contributed by atoms with van der Waals surface area (Å²) in [6, 6.07) is 5.74. The average Bonchev–Trinajstić information content (AvgIpc) is 2.70. The maximum atomic E-state index is 8.55. The molecular weight excluding hydrogens is 278 g/mol. The van der Waals surface area contributed by atoms with Gasteiger partial charge in [0.25, 0.3) is 0 Å². The molecule has 1 aromatic carbocycles. The van der Waals surface area contributed by atoms with E-state index in [1.54, 1.807) is 23.1 Å². The van der Waals surface area contributed by atoms with Crippen LogP contribution < -0.4 is 0 Å². The molecule has 1 aromatic heterocycles. The number of hydrogen-bond acceptors (Lipinski definition) is 5. The number of benzene rings is 1. The molecule has 1 heterocycles. The van der Waals surface area contributed by atoms with Crippen LogP contribution >= 0.6 is 34.7 Å². The summed E-state index contributed by atoms with van der Waals surface area (Å²) < 4.78 is 7.35. The van der Waals surface area contributed by atoms with Gasteiger partial charge in [-0.25, -0.2) is 4.98 Å². The summed E-state index contributed by atoms with van der Waals surface area (Å²) in [5.41, 5.74) is 0.946. The zero-order valence-electron chi connectivity index (χ0n) is 9.06. The molecule has 0 unspecified atom stereocenters.